The first-order chi connectivity index (χ1) is 12.0. The molecule has 0 aromatic heterocycles. The normalized spacial score (nSPS) is 19.5. The summed E-state index contributed by atoms with van der Waals surface area (Å²) in [4.78, 5) is 4.27. The lowest BCUT2D eigenvalue weighted by atomic mass is 10.0. The van der Waals surface area contributed by atoms with Crippen molar-refractivity contribution in [3.05, 3.63) is 17.7 Å². The first-order valence-electron chi connectivity index (χ1n) is 8.42. The highest BCUT2D eigenvalue weighted by Crippen LogP contribution is 2.33. The quantitative estimate of drug-likeness (QED) is 0.356. The molecule has 0 radical (unpaired) electrons. The Hall–Kier alpha value is -1.42. The van der Waals surface area contributed by atoms with E-state index in [0.29, 0.717) is 36.3 Å². The van der Waals surface area contributed by atoms with Gasteiger partial charge in [0.1, 0.15) is 17.2 Å². The topological polar surface area (TPSA) is 73.3 Å². The van der Waals surface area contributed by atoms with Crippen LogP contribution in [0.3, 0.4) is 0 Å². The summed E-state index contributed by atoms with van der Waals surface area (Å²) in [5, 5.41) is 6.62. The van der Waals surface area contributed by atoms with E-state index < -0.39 is 0 Å². The monoisotopic (exact) mass is 479 g/mol. The molecule has 7 nitrogen and oxygen atoms in total. The van der Waals surface area contributed by atoms with Crippen LogP contribution in [0.5, 0.6) is 17.2 Å². The van der Waals surface area contributed by atoms with Gasteiger partial charge in [-0.15, -0.1) is 24.0 Å². The van der Waals surface area contributed by atoms with Crippen molar-refractivity contribution in [3.63, 3.8) is 0 Å². The summed E-state index contributed by atoms with van der Waals surface area (Å²) in [5.41, 5.74) is 0.768. The lowest BCUT2D eigenvalue weighted by Crippen LogP contribution is -2.45. The van der Waals surface area contributed by atoms with Crippen LogP contribution < -0.4 is 24.8 Å². The fraction of sp³-hybridized carbons (Fsp3) is 0.611. The van der Waals surface area contributed by atoms with Crippen molar-refractivity contribution < 1.29 is 18.9 Å². The molecule has 8 heteroatoms. The van der Waals surface area contributed by atoms with Crippen LogP contribution in [0.1, 0.15) is 25.3 Å². The first-order valence-corrected chi connectivity index (χ1v) is 8.42. The van der Waals surface area contributed by atoms with Gasteiger partial charge in [0.15, 0.2) is 5.96 Å². The molecule has 0 aliphatic carbocycles. The number of nitrogens with zero attached hydrogens (tertiary/aromatic N) is 1. The minimum Gasteiger partial charge on any atom is -0.496 e. The molecular formula is C18H30IN3O4. The maximum atomic E-state index is 5.80. The van der Waals surface area contributed by atoms with Crippen LogP contribution in [0, 0.1) is 0 Å². The van der Waals surface area contributed by atoms with Gasteiger partial charge in [0.05, 0.1) is 39.0 Å². The molecule has 1 unspecified atom stereocenters. The van der Waals surface area contributed by atoms with Crippen molar-refractivity contribution in [2.75, 3.05) is 41.5 Å². The average molecular weight is 479 g/mol. The fourth-order valence-corrected chi connectivity index (χ4v) is 2.89. The van der Waals surface area contributed by atoms with Crippen LogP contribution in [0.2, 0.25) is 0 Å². The Morgan fingerprint density at radius 1 is 1.15 bits per heavy atom. The molecule has 2 N–H and O–H groups in total. The van der Waals surface area contributed by atoms with Gasteiger partial charge in [0, 0.05) is 32.3 Å². The second-order valence-corrected chi connectivity index (χ2v) is 6.19. The number of halogens is 1. The minimum absolute atomic E-state index is 0. The maximum absolute atomic E-state index is 5.80. The Labute approximate surface area is 172 Å². The predicted molar refractivity (Wildman–Crippen MR) is 113 cm³/mol. The van der Waals surface area contributed by atoms with Gasteiger partial charge in [-0.3, -0.25) is 4.99 Å². The Morgan fingerprint density at radius 3 is 2.27 bits per heavy atom. The van der Waals surface area contributed by atoms with E-state index in [4.69, 9.17) is 18.9 Å². The van der Waals surface area contributed by atoms with Crippen molar-refractivity contribution >= 4 is 29.9 Å². The molecule has 0 bridgehead atoms. The van der Waals surface area contributed by atoms with Gasteiger partial charge >= 0.3 is 0 Å². The SMILES string of the molecule is CN=C(NCc1c(OC)cc(OC)cc1OC)NCC1(C)CCCO1.I. The number of hydrogen-bond acceptors (Lipinski definition) is 5. The zero-order chi connectivity index (χ0) is 18.3. The van der Waals surface area contributed by atoms with Crippen molar-refractivity contribution in [2.24, 2.45) is 4.99 Å². The van der Waals surface area contributed by atoms with Crippen LogP contribution in [-0.2, 0) is 11.3 Å². The van der Waals surface area contributed by atoms with Crippen LogP contribution >= 0.6 is 24.0 Å². The third-order valence-electron chi connectivity index (χ3n) is 4.40. The van der Waals surface area contributed by atoms with Crippen molar-refractivity contribution in [3.8, 4) is 17.2 Å². The second-order valence-electron chi connectivity index (χ2n) is 6.19. The van der Waals surface area contributed by atoms with Crippen LogP contribution in [0.25, 0.3) is 0 Å². The molecule has 0 spiro atoms. The summed E-state index contributed by atoms with van der Waals surface area (Å²) >= 11 is 0. The maximum Gasteiger partial charge on any atom is 0.191 e. The molecular weight excluding hydrogens is 449 g/mol. The van der Waals surface area contributed by atoms with E-state index in [0.717, 1.165) is 25.0 Å². The second kappa shape index (κ2) is 10.7. The Kier molecular flexibility index (Phi) is 9.28. The predicted octanol–water partition coefficient (Wildman–Crippen LogP) is 2.56. The molecule has 2 rings (SSSR count). The standard InChI is InChI=1S/C18H29N3O4.HI/c1-18(7-6-8-25-18)12-21-17(19-2)20-11-14-15(23-4)9-13(22-3)10-16(14)24-5;/h9-10H,6-8,11-12H2,1-5H3,(H2,19,20,21);1H. The summed E-state index contributed by atoms with van der Waals surface area (Å²) in [6.45, 7) is 4.16. The molecule has 1 atom stereocenters. The smallest absolute Gasteiger partial charge is 0.191 e. The van der Waals surface area contributed by atoms with Crippen molar-refractivity contribution in [1.29, 1.82) is 0 Å². The van der Waals surface area contributed by atoms with Gasteiger partial charge in [0.2, 0.25) is 0 Å². The van der Waals surface area contributed by atoms with E-state index in [2.05, 4.69) is 22.5 Å². The van der Waals surface area contributed by atoms with Crippen LogP contribution in [-0.4, -0.2) is 53.1 Å². The average Bonchev–Trinajstić information content (AvgIpc) is 3.08. The third-order valence-corrected chi connectivity index (χ3v) is 4.40. The van der Waals surface area contributed by atoms with Gasteiger partial charge in [-0.1, -0.05) is 0 Å². The third kappa shape index (κ3) is 5.80. The Balaban J connectivity index is 0.00000338. The first kappa shape index (κ1) is 22.6. The summed E-state index contributed by atoms with van der Waals surface area (Å²) in [6, 6.07) is 3.67. The molecule has 26 heavy (non-hydrogen) atoms. The van der Waals surface area contributed by atoms with Gasteiger partial charge in [0.25, 0.3) is 0 Å². The van der Waals surface area contributed by atoms with E-state index in [1.54, 1.807) is 28.4 Å². The van der Waals surface area contributed by atoms with E-state index in [-0.39, 0.29) is 29.6 Å². The number of nitrogens with one attached hydrogen (secondary N) is 2. The highest BCUT2D eigenvalue weighted by molar-refractivity contribution is 14.0. The van der Waals surface area contributed by atoms with E-state index in [1.807, 2.05) is 12.1 Å². The van der Waals surface area contributed by atoms with Gasteiger partial charge in [-0.2, -0.15) is 0 Å². The molecule has 1 fully saturated rings. The Morgan fingerprint density at radius 2 is 1.81 bits per heavy atom. The summed E-state index contributed by atoms with van der Waals surface area (Å²) in [7, 11) is 6.62. The van der Waals surface area contributed by atoms with Gasteiger partial charge in [-0.05, 0) is 19.8 Å². The minimum atomic E-state index is -0.132. The fourth-order valence-electron chi connectivity index (χ4n) is 2.89. The molecule has 1 heterocycles. The molecule has 1 aromatic carbocycles. The largest absolute Gasteiger partial charge is 0.496 e. The number of benzene rings is 1. The molecule has 1 aromatic rings. The Bertz CT molecular complexity index is 579. The highest BCUT2D eigenvalue weighted by atomic mass is 127. The molecule has 0 saturated carbocycles. The molecule has 1 saturated heterocycles. The highest BCUT2D eigenvalue weighted by Gasteiger charge is 2.29. The lowest BCUT2D eigenvalue weighted by Gasteiger charge is -2.25. The number of aliphatic imine (C=N–C) groups is 1. The van der Waals surface area contributed by atoms with Gasteiger partial charge in [-0.25, -0.2) is 0 Å². The van der Waals surface area contributed by atoms with Crippen molar-refractivity contribution in [1.82, 2.24) is 10.6 Å². The lowest BCUT2D eigenvalue weighted by molar-refractivity contribution is 0.0243. The zero-order valence-electron chi connectivity index (χ0n) is 16.2. The number of methoxy groups -OCH3 is 3. The van der Waals surface area contributed by atoms with Crippen LogP contribution in [0.4, 0.5) is 0 Å². The summed E-state index contributed by atoms with van der Waals surface area (Å²) in [5.74, 6) is 2.79. The number of hydrogen-bond donors (Lipinski definition) is 2. The molecule has 148 valence electrons. The number of guanidine groups is 1. The summed E-state index contributed by atoms with van der Waals surface area (Å²) < 4.78 is 22.0. The van der Waals surface area contributed by atoms with E-state index in [1.165, 1.54) is 0 Å². The molecule has 1 aliphatic rings. The number of ether oxygens (including phenoxy) is 4. The summed E-state index contributed by atoms with van der Waals surface area (Å²) in [6.07, 6.45) is 2.15. The van der Waals surface area contributed by atoms with Crippen molar-refractivity contribution in [2.45, 2.75) is 31.9 Å². The van der Waals surface area contributed by atoms with E-state index in [9.17, 15) is 0 Å². The zero-order valence-corrected chi connectivity index (χ0v) is 18.5. The number of rotatable bonds is 7. The van der Waals surface area contributed by atoms with Crippen LogP contribution in [0.15, 0.2) is 17.1 Å². The molecule has 1 aliphatic heterocycles. The van der Waals surface area contributed by atoms with Gasteiger partial charge < -0.3 is 29.6 Å². The van der Waals surface area contributed by atoms with E-state index >= 15 is 0 Å². The molecule has 0 amide bonds.